The minimum atomic E-state index is -1.19. The van der Waals surface area contributed by atoms with Gasteiger partial charge in [-0.1, -0.05) is 6.07 Å². The fourth-order valence-corrected chi connectivity index (χ4v) is 1.69. The molecular formula is C17H17NO7. The summed E-state index contributed by atoms with van der Waals surface area (Å²) in [4.78, 5) is 20.6. The molecule has 0 saturated heterocycles. The Bertz CT molecular complexity index is 800. The van der Waals surface area contributed by atoms with E-state index in [-0.39, 0.29) is 17.1 Å². The van der Waals surface area contributed by atoms with Crippen molar-refractivity contribution in [2.75, 3.05) is 12.8 Å². The molecule has 2 rings (SSSR count). The van der Waals surface area contributed by atoms with Gasteiger partial charge in [-0.25, -0.2) is 9.59 Å². The lowest BCUT2D eigenvalue weighted by molar-refractivity contribution is -0.131. The number of nitrogen functional groups attached to an aromatic ring is 1. The van der Waals surface area contributed by atoms with Crippen LogP contribution in [0, 0.1) is 0 Å². The van der Waals surface area contributed by atoms with Gasteiger partial charge in [0.05, 0.1) is 7.11 Å². The minimum absolute atomic E-state index is 0.0278. The number of ether oxygens (including phenoxy) is 1. The molecular weight excluding hydrogens is 330 g/mol. The third-order valence-electron chi connectivity index (χ3n) is 2.87. The first-order valence-electron chi connectivity index (χ1n) is 6.84. The molecule has 0 saturated carbocycles. The number of nitrogens with two attached hydrogens (primary N) is 1. The van der Waals surface area contributed by atoms with Crippen LogP contribution in [0.15, 0.2) is 42.5 Å². The van der Waals surface area contributed by atoms with Gasteiger partial charge in [-0.3, -0.25) is 0 Å². The van der Waals surface area contributed by atoms with Crippen LogP contribution in [0.25, 0.3) is 6.08 Å². The van der Waals surface area contributed by atoms with E-state index in [2.05, 4.69) is 0 Å². The van der Waals surface area contributed by atoms with E-state index in [0.29, 0.717) is 17.0 Å². The third-order valence-corrected chi connectivity index (χ3v) is 2.87. The van der Waals surface area contributed by atoms with Gasteiger partial charge in [0.25, 0.3) is 0 Å². The smallest absolute Gasteiger partial charge is 0.339 e. The molecule has 0 atom stereocenters. The van der Waals surface area contributed by atoms with E-state index < -0.39 is 11.9 Å². The highest BCUT2D eigenvalue weighted by atomic mass is 16.5. The average Bonchev–Trinajstić information content (AvgIpc) is 2.56. The molecule has 0 aromatic heterocycles. The Kier molecular flexibility index (Phi) is 6.83. The van der Waals surface area contributed by atoms with Crippen LogP contribution >= 0.6 is 0 Å². The van der Waals surface area contributed by atoms with Crippen molar-refractivity contribution in [3.8, 4) is 17.2 Å². The van der Waals surface area contributed by atoms with Crippen LogP contribution in [0.2, 0.25) is 0 Å². The van der Waals surface area contributed by atoms with Crippen molar-refractivity contribution in [3.63, 3.8) is 0 Å². The molecule has 0 radical (unpaired) electrons. The van der Waals surface area contributed by atoms with Crippen LogP contribution in [0.5, 0.6) is 17.2 Å². The Hall–Kier alpha value is -3.68. The lowest BCUT2D eigenvalue weighted by Gasteiger charge is -2.03. The van der Waals surface area contributed by atoms with Crippen molar-refractivity contribution in [2.45, 2.75) is 0 Å². The van der Waals surface area contributed by atoms with Crippen LogP contribution in [0.3, 0.4) is 0 Å². The van der Waals surface area contributed by atoms with Crippen LogP contribution in [0.1, 0.15) is 15.9 Å². The van der Waals surface area contributed by atoms with Gasteiger partial charge in [0.2, 0.25) is 0 Å². The Morgan fingerprint density at radius 3 is 2.20 bits per heavy atom. The van der Waals surface area contributed by atoms with Gasteiger partial charge in [-0.05, 0) is 42.0 Å². The van der Waals surface area contributed by atoms with Crippen LogP contribution in [-0.2, 0) is 4.79 Å². The molecule has 132 valence electrons. The second-order valence-corrected chi connectivity index (χ2v) is 4.68. The molecule has 6 N–H and O–H groups in total. The molecule has 0 heterocycles. The Balaban J connectivity index is 0.000000257. The number of aromatic hydroxyl groups is 2. The second kappa shape index (κ2) is 8.82. The maximum atomic E-state index is 10.4. The number of phenolic OH excluding ortho intramolecular Hbond substituents is 1. The fraction of sp³-hybridized carbons (Fsp3) is 0.0588. The number of rotatable bonds is 4. The highest BCUT2D eigenvalue weighted by Gasteiger charge is 2.08. The van der Waals surface area contributed by atoms with Crippen LogP contribution in [0.4, 0.5) is 5.69 Å². The molecule has 0 aliphatic carbocycles. The molecule has 0 fully saturated rings. The summed E-state index contributed by atoms with van der Waals surface area (Å²) in [5, 5.41) is 35.1. The van der Waals surface area contributed by atoms with E-state index in [1.54, 1.807) is 12.1 Å². The van der Waals surface area contributed by atoms with E-state index in [1.807, 2.05) is 0 Å². The normalized spacial score (nSPS) is 9.96. The van der Waals surface area contributed by atoms with Crippen molar-refractivity contribution in [1.82, 2.24) is 0 Å². The number of carbonyl (C=O) groups is 2. The van der Waals surface area contributed by atoms with E-state index in [4.69, 9.17) is 25.8 Å². The zero-order valence-electron chi connectivity index (χ0n) is 13.2. The number of carboxylic acids is 2. The van der Waals surface area contributed by atoms with Crippen LogP contribution in [-0.4, -0.2) is 39.5 Å². The van der Waals surface area contributed by atoms with Gasteiger partial charge in [-0.2, -0.15) is 0 Å². The summed E-state index contributed by atoms with van der Waals surface area (Å²) in [6, 6.07) is 8.48. The summed E-state index contributed by atoms with van der Waals surface area (Å²) in [6.45, 7) is 0. The van der Waals surface area contributed by atoms with E-state index in [0.717, 1.165) is 6.08 Å². The topological polar surface area (TPSA) is 150 Å². The molecule has 0 aliphatic rings. The summed E-state index contributed by atoms with van der Waals surface area (Å²) >= 11 is 0. The maximum absolute atomic E-state index is 10.4. The predicted octanol–water partition coefficient (Wildman–Crippen LogP) is 2.17. The maximum Gasteiger partial charge on any atom is 0.339 e. The summed E-state index contributed by atoms with van der Waals surface area (Å²) in [5.41, 5.74) is 6.09. The van der Waals surface area contributed by atoms with Gasteiger partial charge >= 0.3 is 11.9 Å². The first-order chi connectivity index (χ1) is 11.7. The Labute approximate surface area is 143 Å². The van der Waals surface area contributed by atoms with Crippen molar-refractivity contribution >= 4 is 23.7 Å². The van der Waals surface area contributed by atoms with Crippen molar-refractivity contribution in [1.29, 1.82) is 0 Å². The zero-order chi connectivity index (χ0) is 19.0. The largest absolute Gasteiger partial charge is 0.507 e. The van der Waals surface area contributed by atoms with Gasteiger partial charge in [-0.15, -0.1) is 0 Å². The highest BCUT2D eigenvalue weighted by molar-refractivity contribution is 5.91. The van der Waals surface area contributed by atoms with Gasteiger partial charge < -0.3 is 30.9 Å². The first kappa shape index (κ1) is 19.4. The molecule has 0 bridgehead atoms. The zero-order valence-corrected chi connectivity index (χ0v) is 13.2. The minimum Gasteiger partial charge on any atom is -0.507 e. The molecule has 25 heavy (non-hydrogen) atoms. The van der Waals surface area contributed by atoms with E-state index >= 15 is 0 Å². The molecule has 2 aromatic rings. The molecule has 0 amide bonds. The predicted molar refractivity (Wildman–Crippen MR) is 90.8 cm³/mol. The number of hydrogen-bond donors (Lipinski definition) is 5. The SMILES string of the molecule is COc1cc(/C=C/C(=O)O)ccc1O.Nc1ccc(O)c(C(=O)O)c1. The van der Waals surface area contributed by atoms with Crippen molar-refractivity contribution in [3.05, 3.63) is 53.6 Å². The van der Waals surface area contributed by atoms with E-state index in [9.17, 15) is 14.7 Å². The second-order valence-electron chi connectivity index (χ2n) is 4.68. The number of carboxylic acid groups (broad SMARTS) is 2. The molecule has 8 nitrogen and oxygen atoms in total. The molecule has 2 aromatic carbocycles. The lowest BCUT2D eigenvalue weighted by atomic mass is 10.2. The number of aliphatic carboxylic acids is 1. The number of phenols is 2. The summed E-state index contributed by atoms with van der Waals surface area (Å²) < 4.78 is 4.86. The molecule has 0 aliphatic heterocycles. The van der Waals surface area contributed by atoms with Gasteiger partial charge in [0.1, 0.15) is 11.3 Å². The quantitative estimate of drug-likeness (QED) is 0.321. The average molecular weight is 347 g/mol. The molecule has 8 heteroatoms. The summed E-state index contributed by atoms with van der Waals surface area (Å²) in [6.07, 6.45) is 2.44. The van der Waals surface area contributed by atoms with Crippen LogP contribution < -0.4 is 10.5 Å². The number of benzene rings is 2. The monoisotopic (exact) mass is 347 g/mol. The lowest BCUT2D eigenvalue weighted by Crippen LogP contribution is -1.97. The van der Waals surface area contributed by atoms with Gasteiger partial charge in [0.15, 0.2) is 11.5 Å². The number of hydrogen-bond acceptors (Lipinski definition) is 6. The first-order valence-corrected chi connectivity index (χ1v) is 6.84. The number of methoxy groups -OCH3 is 1. The van der Waals surface area contributed by atoms with Crippen molar-refractivity contribution < 1.29 is 34.8 Å². The molecule has 0 spiro atoms. The Morgan fingerprint density at radius 1 is 1.04 bits per heavy atom. The number of aromatic carboxylic acids is 1. The Morgan fingerprint density at radius 2 is 1.68 bits per heavy atom. The van der Waals surface area contributed by atoms with Gasteiger partial charge in [0, 0.05) is 11.8 Å². The number of anilines is 1. The summed E-state index contributed by atoms with van der Waals surface area (Å²) in [7, 11) is 1.43. The van der Waals surface area contributed by atoms with E-state index in [1.165, 1.54) is 37.5 Å². The van der Waals surface area contributed by atoms with Crippen molar-refractivity contribution in [2.24, 2.45) is 0 Å². The third kappa shape index (κ3) is 6.14. The molecule has 0 unspecified atom stereocenters. The highest BCUT2D eigenvalue weighted by Crippen LogP contribution is 2.26. The summed E-state index contributed by atoms with van der Waals surface area (Å²) in [5.74, 6) is -2.13. The fourth-order valence-electron chi connectivity index (χ4n) is 1.69. The standard InChI is InChI=1S/C10H10O4.C7H7NO3/c1-14-9-6-7(2-4-8(9)11)3-5-10(12)13;8-4-1-2-6(9)5(3-4)7(10)11/h2-6,11H,1H3,(H,12,13);1-3,9H,8H2,(H,10,11)/b5-3+;.